The van der Waals surface area contributed by atoms with Gasteiger partial charge in [0.05, 0.1) is 31.3 Å². The highest BCUT2D eigenvalue weighted by Crippen LogP contribution is 2.68. The molecule has 0 radical (unpaired) electrons. The second-order valence-corrected chi connectivity index (χ2v) is 10.8. The summed E-state index contributed by atoms with van der Waals surface area (Å²) in [7, 11) is 1.43. The summed E-state index contributed by atoms with van der Waals surface area (Å²) in [4.78, 5) is 12.3. The van der Waals surface area contributed by atoms with Crippen LogP contribution in [0.2, 0.25) is 0 Å². The molecule has 11 atom stereocenters. The van der Waals surface area contributed by atoms with Crippen LogP contribution in [-0.2, 0) is 9.53 Å². The molecule has 0 spiro atoms. The molecule has 0 aromatic heterocycles. The Labute approximate surface area is 168 Å². The van der Waals surface area contributed by atoms with Gasteiger partial charge in [-0.25, -0.2) is 0 Å². The maximum absolute atomic E-state index is 12.3. The second kappa shape index (κ2) is 6.95. The number of aliphatic hydroxyl groups excluding tert-OH is 3. The van der Waals surface area contributed by atoms with Gasteiger partial charge in [0, 0.05) is 5.41 Å². The molecule has 3 N–H and O–H groups in total. The van der Waals surface area contributed by atoms with Crippen molar-refractivity contribution in [2.75, 3.05) is 7.11 Å². The molecule has 0 aromatic rings. The number of fused-ring (bicyclic) bond motifs is 5. The van der Waals surface area contributed by atoms with Gasteiger partial charge < -0.3 is 20.1 Å². The third-order valence-electron chi connectivity index (χ3n) is 10.0. The van der Waals surface area contributed by atoms with Gasteiger partial charge in [0.15, 0.2) is 0 Å². The van der Waals surface area contributed by atoms with Gasteiger partial charge in [0.2, 0.25) is 0 Å². The van der Waals surface area contributed by atoms with Crippen molar-refractivity contribution in [3.8, 4) is 0 Å². The lowest BCUT2D eigenvalue weighted by Gasteiger charge is -2.63. The molecule has 28 heavy (non-hydrogen) atoms. The normalized spacial score (nSPS) is 54.2. The number of hydrogen-bond acceptors (Lipinski definition) is 5. The average Bonchev–Trinajstić information content (AvgIpc) is 3.01. The number of rotatable bonds is 2. The van der Waals surface area contributed by atoms with Crippen molar-refractivity contribution in [1.82, 2.24) is 0 Å². The van der Waals surface area contributed by atoms with Crippen LogP contribution in [0.5, 0.6) is 0 Å². The van der Waals surface area contributed by atoms with Crippen LogP contribution in [0.3, 0.4) is 0 Å². The first-order valence-electron chi connectivity index (χ1n) is 11.3. The van der Waals surface area contributed by atoms with E-state index < -0.39 is 6.10 Å². The Hall–Kier alpha value is -0.650. The summed E-state index contributed by atoms with van der Waals surface area (Å²) in [5, 5.41) is 32.8. The number of ether oxygens (including phenoxy) is 1. The van der Waals surface area contributed by atoms with E-state index in [9.17, 15) is 20.1 Å². The standard InChI is InChI=1S/C23H38O5/c1-12(21(27)28-4)15-5-6-16-20-17(11-19(26)23(15,16)3)22(2)8-7-14(24)9-13(22)10-18(20)25/h12-20,24-26H,5-11H2,1-4H3/t12-,13-,14+,15+,16-,17-,18-,19-,20-,22+,23+/m1/s1. The van der Waals surface area contributed by atoms with Gasteiger partial charge >= 0.3 is 5.97 Å². The van der Waals surface area contributed by atoms with Crippen LogP contribution in [0.1, 0.15) is 65.7 Å². The van der Waals surface area contributed by atoms with E-state index in [1.807, 2.05) is 6.92 Å². The molecule has 0 saturated heterocycles. The van der Waals surface area contributed by atoms with Crippen molar-refractivity contribution in [2.24, 2.45) is 46.3 Å². The molecule has 0 heterocycles. The van der Waals surface area contributed by atoms with Crippen LogP contribution in [0, 0.1) is 46.3 Å². The van der Waals surface area contributed by atoms with Gasteiger partial charge in [-0.1, -0.05) is 20.8 Å². The first-order valence-corrected chi connectivity index (χ1v) is 11.3. The summed E-state index contributed by atoms with van der Waals surface area (Å²) in [6, 6.07) is 0. The Morgan fingerprint density at radius 3 is 2.43 bits per heavy atom. The number of aliphatic hydroxyl groups is 3. The van der Waals surface area contributed by atoms with Gasteiger partial charge in [-0.2, -0.15) is 0 Å². The Balaban J connectivity index is 1.67. The molecule has 5 heteroatoms. The quantitative estimate of drug-likeness (QED) is 0.627. The molecule has 160 valence electrons. The van der Waals surface area contributed by atoms with Crippen LogP contribution in [0.15, 0.2) is 0 Å². The van der Waals surface area contributed by atoms with Crippen molar-refractivity contribution in [2.45, 2.75) is 84.0 Å². The van der Waals surface area contributed by atoms with Gasteiger partial charge in [0.25, 0.3) is 0 Å². The Bertz CT molecular complexity index is 622. The fourth-order valence-electron chi connectivity index (χ4n) is 8.37. The minimum Gasteiger partial charge on any atom is -0.469 e. The summed E-state index contributed by atoms with van der Waals surface area (Å²) in [6.07, 6.45) is 4.80. The van der Waals surface area contributed by atoms with Crippen LogP contribution >= 0.6 is 0 Å². The van der Waals surface area contributed by atoms with E-state index in [4.69, 9.17) is 4.74 Å². The SMILES string of the molecule is COC(=O)[C@H](C)[C@@H]1CC[C@@H]2[C@H]3[C@H](O)C[C@H]4C[C@@H](O)CC[C@]4(C)[C@@H]3C[C@@H](O)[C@]21C. The van der Waals surface area contributed by atoms with Crippen LogP contribution in [0.4, 0.5) is 0 Å². The molecule has 0 amide bonds. The molecule has 0 unspecified atom stereocenters. The number of carbonyl (C=O) groups excluding carboxylic acids is 1. The summed E-state index contributed by atoms with van der Waals surface area (Å²) in [5.41, 5.74) is -0.273. The van der Waals surface area contributed by atoms with Gasteiger partial charge in [-0.15, -0.1) is 0 Å². The number of esters is 1. The first-order chi connectivity index (χ1) is 13.1. The molecule has 4 aliphatic rings. The molecule has 4 rings (SSSR count). The van der Waals surface area contributed by atoms with Crippen LogP contribution < -0.4 is 0 Å². The van der Waals surface area contributed by atoms with Gasteiger partial charge in [0.1, 0.15) is 0 Å². The van der Waals surface area contributed by atoms with E-state index >= 15 is 0 Å². The van der Waals surface area contributed by atoms with Crippen molar-refractivity contribution in [3.05, 3.63) is 0 Å². The van der Waals surface area contributed by atoms with Crippen LogP contribution in [-0.4, -0.2) is 46.7 Å². The summed E-state index contributed by atoms with van der Waals surface area (Å²) in [5.74, 6) is 0.688. The summed E-state index contributed by atoms with van der Waals surface area (Å²) >= 11 is 0. The molecule has 0 aromatic carbocycles. The molecule has 4 fully saturated rings. The largest absolute Gasteiger partial charge is 0.469 e. The average molecular weight is 395 g/mol. The van der Waals surface area contributed by atoms with Crippen molar-refractivity contribution in [3.63, 3.8) is 0 Å². The number of carbonyl (C=O) groups is 1. The molecular formula is C23H38O5. The van der Waals surface area contributed by atoms with E-state index in [0.29, 0.717) is 12.3 Å². The summed E-state index contributed by atoms with van der Waals surface area (Å²) < 4.78 is 5.02. The van der Waals surface area contributed by atoms with E-state index in [1.165, 1.54) is 7.11 Å². The van der Waals surface area contributed by atoms with Crippen molar-refractivity contribution in [1.29, 1.82) is 0 Å². The number of methoxy groups -OCH3 is 1. The molecule has 0 aliphatic heterocycles. The molecule has 5 nitrogen and oxygen atoms in total. The molecule has 0 bridgehead atoms. The Morgan fingerprint density at radius 1 is 1.04 bits per heavy atom. The lowest BCUT2D eigenvalue weighted by molar-refractivity contribution is -0.207. The third-order valence-corrected chi connectivity index (χ3v) is 10.0. The maximum Gasteiger partial charge on any atom is 0.308 e. The smallest absolute Gasteiger partial charge is 0.308 e. The van der Waals surface area contributed by atoms with Gasteiger partial charge in [-0.3, -0.25) is 4.79 Å². The fourth-order valence-corrected chi connectivity index (χ4v) is 8.37. The minimum absolute atomic E-state index is 0.0808. The lowest BCUT2D eigenvalue weighted by Crippen LogP contribution is -2.62. The highest BCUT2D eigenvalue weighted by molar-refractivity contribution is 5.72. The summed E-state index contributed by atoms with van der Waals surface area (Å²) in [6.45, 7) is 6.42. The predicted molar refractivity (Wildman–Crippen MR) is 105 cm³/mol. The van der Waals surface area contributed by atoms with E-state index in [1.54, 1.807) is 0 Å². The zero-order chi connectivity index (χ0) is 20.4. The first kappa shape index (κ1) is 20.6. The molecule has 4 aliphatic carbocycles. The lowest BCUT2D eigenvalue weighted by atomic mass is 9.43. The zero-order valence-corrected chi connectivity index (χ0v) is 17.8. The van der Waals surface area contributed by atoms with E-state index in [0.717, 1.165) is 38.5 Å². The topological polar surface area (TPSA) is 87.0 Å². The number of hydrogen-bond donors (Lipinski definition) is 3. The Morgan fingerprint density at radius 2 is 1.75 bits per heavy atom. The van der Waals surface area contributed by atoms with Crippen molar-refractivity contribution < 1.29 is 24.9 Å². The van der Waals surface area contributed by atoms with Crippen LogP contribution in [0.25, 0.3) is 0 Å². The predicted octanol–water partition coefficient (Wildman–Crippen LogP) is 2.76. The van der Waals surface area contributed by atoms with Gasteiger partial charge in [-0.05, 0) is 80.0 Å². The Kier molecular flexibility index (Phi) is 5.12. The molecular weight excluding hydrogens is 356 g/mol. The fraction of sp³-hybridized carbons (Fsp3) is 0.957. The van der Waals surface area contributed by atoms with Crippen molar-refractivity contribution >= 4 is 5.97 Å². The minimum atomic E-state index is -0.465. The second-order valence-electron chi connectivity index (χ2n) is 10.8. The maximum atomic E-state index is 12.3. The van der Waals surface area contributed by atoms with E-state index in [2.05, 4.69) is 13.8 Å². The molecule has 4 saturated carbocycles. The zero-order valence-electron chi connectivity index (χ0n) is 17.8. The van der Waals surface area contributed by atoms with E-state index in [-0.39, 0.29) is 58.6 Å². The highest BCUT2D eigenvalue weighted by atomic mass is 16.5. The highest BCUT2D eigenvalue weighted by Gasteiger charge is 2.66. The monoisotopic (exact) mass is 394 g/mol. The third kappa shape index (κ3) is 2.72.